The van der Waals surface area contributed by atoms with Crippen molar-refractivity contribution in [2.24, 2.45) is 0 Å². The van der Waals surface area contributed by atoms with E-state index in [1.54, 1.807) is 54.6 Å². The van der Waals surface area contributed by atoms with E-state index in [1.807, 2.05) is 13.8 Å². The molecule has 0 amide bonds. The minimum atomic E-state index is -4.10. The standard InChI is InChI=1S/C25H24O5S/c1-17-7-11-19(12-8-17)25(27)24(31(28,29)22-13-9-18(2)10-14-22)16-23(26)20-5-4-6-21(15-20)30-3/h4-15,24H,16H2,1-3H3/t24-/m1/s1. The summed E-state index contributed by atoms with van der Waals surface area (Å²) in [6.07, 6.45) is -0.462. The summed E-state index contributed by atoms with van der Waals surface area (Å²) in [6.45, 7) is 3.72. The Morgan fingerprint density at radius 2 is 1.42 bits per heavy atom. The molecule has 0 aromatic heterocycles. The molecule has 0 bridgehead atoms. The van der Waals surface area contributed by atoms with Crippen LogP contribution in [-0.4, -0.2) is 32.3 Å². The highest BCUT2D eigenvalue weighted by Crippen LogP contribution is 2.25. The van der Waals surface area contributed by atoms with Crippen molar-refractivity contribution in [1.82, 2.24) is 0 Å². The number of ether oxygens (including phenoxy) is 1. The van der Waals surface area contributed by atoms with Gasteiger partial charge in [0.15, 0.2) is 21.4 Å². The molecule has 160 valence electrons. The topological polar surface area (TPSA) is 77.5 Å². The molecule has 3 rings (SSSR count). The van der Waals surface area contributed by atoms with Crippen LogP contribution in [0.15, 0.2) is 77.7 Å². The highest BCUT2D eigenvalue weighted by molar-refractivity contribution is 7.92. The van der Waals surface area contributed by atoms with Gasteiger partial charge in [0.25, 0.3) is 0 Å². The molecule has 0 fully saturated rings. The lowest BCUT2D eigenvalue weighted by atomic mass is 10.0. The largest absolute Gasteiger partial charge is 0.497 e. The fourth-order valence-electron chi connectivity index (χ4n) is 3.22. The van der Waals surface area contributed by atoms with Crippen molar-refractivity contribution >= 4 is 21.4 Å². The van der Waals surface area contributed by atoms with Crippen LogP contribution in [0, 0.1) is 13.8 Å². The molecule has 31 heavy (non-hydrogen) atoms. The first kappa shape index (κ1) is 22.4. The summed E-state index contributed by atoms with van der Waals surface area (Å²) >= 11 is 0. The molecule has 0 N–H and O–H groups in total. The van der Waals surface area contributed by atoms with E-state index < -0.39 is 33.1 Å². The third-order valence-corrected chi connectivity index (χ3v) is 7.17. The Kier molecular flexibility index (Phi) is 6.71. The second-order valence-corrected chi connectivity index (χ2v) is 9.57. The van der Waals surface area contributed by atoms with Crippen molar-refractivity contribution in [3.63, 3.8) is 0 Å². The van der Waals surface area contributed by atoms with Crippen molar-refractivity contribution in [2.45, 2.75) is 30.4 Å². The van der Waals surface area contributed by atoms with E-state index in [4.69, 9.17) is 4.74 Å². The van der Waals surface area contributed by atoms with Gasteiger partial charge in [0.2, 0.25) is 0 Å². The first-order valence-corrected chi connectivity index (χ1v) is 11.4. The van der Waals surface area contributed by atoms with Gasteiger partial charge in [-0.1, -0.05) is 59.7 Å². The van der Waals surface area contributed by atoms with E-state index in [2.05, 4.69) is 0 Å². The molecule has 0 spiro atoms. The summed E-state index contributed by atoms with van der Waals surface area (Å²) in [5.41, 5.74) is 2.39. The Bertz CT molecular complexity index is 1190. The van der Waals surface area contributed by atoms with Crippen LogP contribution in [0.2, 0.25) is 0 Å². The van der Waals surface area contributed by atoms with Gasteiger partial charge in [0, 0.05) is 17.5 Å². The van der Waals surface area contributed by atoms with Gasteiger partial charge in [-0.25, -0.2) is 8.42 Å². The highest BCUT2D eigenvalue weighted by Gasteiger charge is 2.36. The molecule has 1 atom stereocenters. The van der Waals surface area contributed by atoms with Crippen LogP contribution in [0.25, 0.3) is 0 Å². The molecule has 0 saturated heterocycles. The van der Waals surface area contributed by atoms with Gasteiger partial charge < -0.3 is 4.74 Å². The molecule has 0 unspecified atom stereocenters. The number of hydrogen-bond donors (Lipinski definition) is 0. The third kappa shape index (κ3) is 5.09. The molecule has 3 aromatic carbocycles. The molecule has 5 nitrogen and oxygen atoms in total. The van der Waals surface area contributed by atoms with Gasteiger partial charge in [0.1, 0.15) is 11.0 Å². The second-order valence-electron chi connectivity index (χ2n) is 7.44. The molecule has 0 heterocycles. The Morgan fingerprint density at radius 1 is 0.839 bits per heavy atom. The van der Waals surface area contributed by atoms with E-state index in [9.17, 15) is 18.0 Å². The van der Waals surface area contributed by atoms with Gasteiger partial charge >= 0.3 is 0 Å². The number of methoxy groups -OCH3 is 1. The quantitative estimate of drug-likeness (QED) is 0.482. The van der Waals surface area contributed by atoms with Gasteiger partial charge in [-0.15, -0.1) is 0 Å². The van der Waals surface area contributed by atoms with Gasteiger partial charge in [-0.3, -0.25) is 9.59 Å². The van der Waals surface area contributed by atoms with E-state index in [0.29, 0.717) is 11.3 Å². The van der Waals surface area contributed by atoms with Crippen LogP contribution in [0.1, 0.15) is 38.3 Å². The summed E-state index contributed by atoms with van der Waals surface area (Å²) in [5, 5.41) is -1.53. The molecule has 0 radical (unpaired) electrons. The Hall–Kier alpha value is -3.25. The number of aryl methyl sites for hydroxylation is 2. The van der Waals surface area contributed by atoms with E-state index >= 15 is 0 Å². The number of carbonyl (C=O) groups is 2. The van der Waals surface area contributed by atoms with Crippen LogP contribution in [0.3, 0.4) is 0 Å². The van der Waals surface area contributed by atoms with Gasteiger partial charge in [0.05, 0.1) is 12.0 Å². The first-order chi connectivity index (χ1) is 14.7. The van der Waals surface area contributed by atoms with Crippen LogP contribution >= 0.6 is 0 Å². The van der Waals surface area contributed by atoms with Crippen molar-refractivity contribution in [1.29, 1.82) is 0 Å². The average molecular weight is 437 g/mol. The summed E-state index contributed by atoms with van der Waals surface area (Å²) in [6, 6.07) is 19.4. The van der Waals surface area contributed by atoms with Gasteiger partial charge in [-0.05, 0) is 38.1 Å². The monoisotopic (exact) mass is 436 g/mol. The predicted molar refractivity (Wildman–Crippen MR) is 120 cm³/mol. The molecule has 6 heteroatoms. The Labute approximate surface area is 182 Å². The summed E-state index contributed by atoms with van der Waals surface area (Å²) in [5.74, 6) is -0.564. The predicted octanol–water partition coefficient (Wildman–Crippen LogP) is 4.61. The zero-order valence-corrected chi connectivity index (χ0v) is 18.5. The fourth-order valence-corrected chi connectivity index (χ4v) is 4.85. The number of sulfone groups is 1. The number of ketones is 2. The van der Waals surface area contributed by atoms with E-state index in [1.165, 1.54) is 25.3 Å². The number of rotatable bonds is 8. The smallest absolute Gasteiger partial charge is 0.189 e. The minimum Gasteiger partial charge on any atom is -0.497 e. The molecule has 3 aromatic rings. The lowest BCUT2D eigenvalue weighted by Gasteiger charge is -2.17. The Morgan fingerprint density at radius 3 is 2.00 bits per heavy atom. The zero-order valence-electron chi connectivity index (χ0n) is 17.7. The van der Waals surface area contributed by atoms with Crippen molar-refractivity contribution < 1.29 is 22.7 Å². The van der Waals surface area contributed by atoms with Crippen LogP contribution in [0.5, 0.6) is 5.75 Å². The summed E-state index contributed by atoms with van der Waals surface area (Å²) in [7, 11) is -2.61. The molecular formula is C25H24O5S. The number of Topliss-reactive ketones (excluding diaryl/α,β-unsaturated/α-hetero) is 2. The number of benzene rings is 3. The maximum Gasteiger partial charge on any atom is 0.189 e. The minimum absolute atomic E-state index is 0.0157. The van der Waals surface area contributed by atoms with Crippen LogP contribution in [0.4, 0.5) is 0 Å². The molecular weight excluding hydrogens is 412 g/mol. The molecule has 0 saturated carbocycles. The SMILES string of the molecule is COc1cccc(C(=O)C[C@H](C(=O)c2ccc(C)cc2)S(=O)(=O)c2ccc(C)cc2)c1. The second kappa shape index (κ2) is 9.27. The Balaban J connectivity index is 2.02. The maximum absolute atomic E-state index is 13.4. The van der Waals surface area contributed by atoms with Crippen molar-refractivity contribution in [3.05, 3.63) is 95.1 Å². The first-order valence-electron chi connectivity index (χ1n) is 9.81. The van der Waals surface area contributed by atoms with E-state index in [0.717, 1.165) is 11.1 Å². The molecule has 0 aliphatic carbocycles. The van der Waals surface area contributed by atoms with E-state index in [-0.39, 0.29) is 10.5 Å². The number of carbonyl (C=O) groups excluding carboxylic acids is 2. The normalized spacial score (nSPS) is 12.2. The van der Waals surface area contributed by atoms with Crippen LogP contribution < -0.4 is 4.74 Å². The molecule has 0 aliphatic rings. The fraction of sp³-hybridized carbons (Fsp3) is 0.200. The van der Waals surface area contributed by atoms with Crippen LogP contribution in [-0.2, 0) is 9.84 Å². The van der Waals surface area contributed by atoms with Crippen molar-refractivity contribution in [3.8, 4) is 5.75 Å². The maximum atomic E-state index is 13.4. The summed E-state index contributed by atoms with van der Waals surface area (Å²) < 4.78 is 32.0. The zero-order chi connectivity index (χ0) is 22.6. The lowest BCUT2D eigenvalue weighted by Crippen LogP contribution is -2.33. The lowest BCUT2D eigenvalue weighted by molar-refractivity contribution is 0.0920. The third-order valence-electron chi connectivity index (χ3n) is 5.12. The van der Waals surface area contributed by atoms with Gasteiger partial charge in [-0.2, -0.15) is 0 Å². The summed E-state index contributed by atoms with van der Waals surface area (Å²) in [4.78, 5) is 26.3. The number of hydrogen-bond acceptors (Lipinski definition) is 5. The average Bonchev–Trinajstić information content (AvgIpc) is 2.77. The van der Waals surface area contributed by atoms with Crippen molar-refractivity contribution in [2.75, 3.05) is 7.11 Å². The highest BCUT2D eigenvalue weighted by atomic mass is 32.2. The molecule has 0 aliphatic heterocycles.